The van der Waals surface area contributed by atoms with Gasteiger partial charge in [-0.25, -0.2) is 9.59 Å². The maximum Gasteiger partial charge on any atom is 0.326 e. The maximum absolute atomic E-state index is 12.5. The lowest BCUT2D eigenvalue weighted by molar-refractivity contribution is -0.143. The first-order valence-electron chi connectivity index (χ1n) is 9.56. The summed E-state index contributed by atoms with van der Waals surface area (Å²) < 4.78 is 0. The van der Waals surface area contributed by atoms with Crippen molar-refractivity contribution in [2.45, 2.75) is 52.0 Å². The average molecular weight is 375 g/mol. The molecule has 7 heteroatoms. The van der Waals surface area contributed by atoms with E-state index in [1.807, 2.05) is 38.1 Å². The number of piperidine rings is 1. The molecule has 27 heavy (non-hydrogen) atoms. The molecule has 0 saturated carbocycles. The number of carbonyl (C=O) groups excluding carboxylic acids is 2. The molecule has 2 atom stereocenters. The average Bonchev–Trinajstić information content (AvgIpc) is 2.64. The third-order valence-corrected chi connectivity index (χ3v) is 4.81. The molecule has 0 radical (unpaired) electrons. The van der Waals surface area contributed by atoms with E-state index >= 15 is 0 Å². The van der Waals surface area contributed by atoms with Crippen molar-refractivity contribution < 1.29 is 19.5 Å². The number of amides is 3. The summed E-state index contributed by atoms with van der Waals surface area (Å²) in [5.41, 5.74) is 1.77. The van der Waals surface area contributed by atoms with E-state index in [-0.39, 0.29) is 17.9 Å². The van der Waals surface area contributed by atoms with E-state index in [0.717, 1.165) is 24.1 Å². The van der Waals surface area contributed by atoms with Crippen LogP contribution in [0.5, 0.6) is 0 Å². The number of urea groups is 1. The van der Waals surface area contributed by atoms with Crippen molar-refractivity contribution in [1.82, 2.24) is 10.2 Å². The fourth-order valence-corrected chi connectivity index (χ4v) is 3.26. The van der Waals surface area contributed by atoms with Gasteiger partial charge in [0.05, 0.1) is 5.92 Å². The second-order valence-corrected chi connectivity index (χ2v) is 7.13. The highest BCUT2D eigenvalue weighted by atomic mass is 16.4. The summed E-state index contributed by atoms with van der Waals surface area (Å²) in [6.07, 6.45) is 3.40. The van der Waals surface area contributed by atoms with E-state index in [0.29, 0.717) is 32.4 Å². The number of hydrogen-bond donors (Lipinski definition) is 3. The van der Waals surface area contributed by atoms with Crippen LogP contribution < -0.4 is 10.6 Å². The van der Waals surface area contributed by atoms with Crippen molar-refractivity contribution in [3.63, 3.8) is 0 Å². The minimum absolute atomic E-state index is 0.237. The van der Waals surface area contributed by atoms with Gasteiger partial charge in [0.2, 0.25) is 5.91 Å². The SMILES string of the molecule is CCCCC(NC(=O)C1CCCN(C(=O)Nc2cccc(C)c2)C1)C(=O)O. The molecule has 1 aliphatic rings. The van der Waals surface area contributed by atoms with Crippen LogP contribution >= 0.6 is 0 Å². The zero-order valence-electron chi connectivity index (χ0n) is 16.0. The highest BCUT2D eigenvalue weighted by molar-refractivity contribution is 5.90. The lowest BCUT2D eigenvalue weighted by atomic mass is 9.96. The van der Waals surface area contributed by atoms with Gasteiger partial charge in [-0.1, -0.05) is 31.9 Å². The van der Waals surface area contributed by atoms with Crippen molar-refractivity contribution in [3.8, 4) is 0 Å². The molecule has 7 nitrogen and oxygen atoms in total. The molecule has 2 rings (SSSR count). The van der Waals surface area contributed by atoms with E-state index in [4.69, 9.17) is 0 Å². The second-order valence-electron chi connectivity index (χ2n) is 7.13. The van der Waals surface area contributed by atoms with Gasteiger partial charge in [-0.3, -0.25) is 4.79 Å². The number of rotatable bonds is 7. The summed E-state index contributed by atoms with van der Waals surface area (Å²) >= 11 is 0. The Morgan fingerprint density at radius 1 is 1.33 bits per heavy atom. The van der Waals surface area contributed by atoms with Crippen LogP contribution in [0.4, 0.5) is 10.5 Å². The number of nitrogens with one attached hydrogen (secondary N) is 2. The number of benzene rings is 1. The molecule has 1 fully saturated rings. The Balaban J connectivity index is 1.92. The lowest BCUT2D eigenvalue weighted by Gasteiger charge is -2.32. The Hall–Kier alpha value is -2.57. The molecular formula is C20H29N3O4. The van der Waals surface area contributed by atoms with Crippen LogP contribution in [0, 0.1) is 12.8 Å². The van der Waals surface area contributed by atoms with Gasteiger partial charge < -0.3 is 20.6 Å². The van der Waals surface area contributed by atoms with Crippen LogP contribution in [-0.4, -0.2) is 47.0 Å². The fourth-order valence-electron chi connectivity index (χ4n) is 3.26. The fraction of sp³-hybridized carbons (Fsp3) is 0.550. The predicted molar refractivity (Wildman–Crippen MR) is 104 cm³/mol. The van der Waals surface area contributed by atoms with Crippen LogP contribution in [0.25, 0.3) is 0 Å². The molecule has 3 amide bonds. The highest BCUT2D eigenvalue weighted by Gasteiger charge is 2.30. The van der Waals surface area contributed by atoms with Gasteiger partial charge in [-0.2, -0.15) is 0 Å². The van der Waals surface area contributed by atoms with Crippen molar-refractivity contribution in [2.75, 3.05) is 18.4 Å². The summed E-state index contributed by atoms with van der Waals surface area (Å²) in [4.78, 5) is 38.0. The molecule has 1 aromatic carbocycles. The molecule has 2 unspecified atom stereocenters. The van der Waals surface area contributed by atoms with E-state index < -0.39 is 12.0 Å². The van der Waals surface area contributed by atoms with Crippen LogP contribution in [0.15, 0.2) is 24.3 Å². The molecule has 0 aliphatic carbocycles. The summed E-state index contributed by atoms with van der Waals surface area (Å²) in [6.45, 7) is 4.81. The summed E-state index contributed by atoms with van der Waals surface area (Å²) in [7, 11) is 0. The number of anilines is 1. The summed E-state index contributed by atoms with van der Waals surface area (Å²) in [5.74, 6) is -1.68. The number of aryl methyl sites for hydroxylation is 1. The minimum Gasteiger partial charge on any atom is -0.480 e. The Morgan fingerprint density at radius 2 is 2.11 bits per heavy atom. The standard InChI is InChI=1S/C20H29N3O4/c1-3-4-10-17(19(25)26)22-18(24)15-8-6-11-23(13-15)20(27)21-16-9-5-7-14(2)12-16/h5,7,9,12,15,17H,3-4,6,8,10-11,13H2,1-2H3,(H,21,27)(H,22,24)(H,25,26). The molecule has 1 aromatic rings. The van der Waals surface area contributed by atoms with Gasteiger partial charge in [0.1, 0.15) is 6.04 Å². The zero-order chi connectivity index (χ0) is 19.8. The third-order valence-electron chi connectivity index (χ3n) is 4.81. The smallest absolute Gasteiger partial charge is 0.326 e. The topological polar surface area (TPSA) is 98.7 Å². The van der Waals surface area contributed by atoms with Gasteiger partial charge in [0.15, 0.2) is 0 Å². The van der Waals surface area contributed by atoms with Gasteiger partial charge in [-0.15, -0.1) is 0 Å². The van der Waals surface area contributed by atoms with E-state index in [1.54, 1.807) is 4.90 Å². The van der Waals surface area contributed by atoms with E-state index in [2.05, 4.69) is 10.6 Å². The van der Waals surface area contributed by atoms with Crippen LogP contribution in [-0.2, 0) is 9.59 Å². The number of carboxylic acids is 1. The van der Waals surface area contributed by atoms with Crippen molar-refractivity contribution in [3.05, 3.63) is 29.8 Å². The number of carboxylic acid groups (broad SMARTS) is 1. The van der Waals surface area contributed by atoms with Crippen molar-refractivity contribution >= 4 is 23.6 Å². The zero-order valence-corrected chi connectivity index (χ0v) is 16.0. The lowest BCUT2D eigenvalue weighted by Crippen LogP contribution is -2.50. The molecule has 3 N–H and O–H groups in total. The Bertz CT molecular complexity index is 677. The van der Waals surface area contributed by atoms with Gasteiger partial charge >= 0.3 is 12.0 Å². The molecule has 1 aliphatic heterocycles. The minimum atomic E-state index is -1.01. The molecule has 0 spiro atoms. The highest BCUT2D eigenvalue weighted by Crippen LogP contribution is 2.19. The van der Waals surface area contributed by atoms with E-state index in [9.17, 15) is 19.5 Å². The number of carbonyl (C=O) groups is 3. The molecule has 1 heterocycles. The van der Waals surface area contributed by atoms with Crippen LogP contribution in [0.1, 0.15) is 44.6 Å². The normalized spacial score (nSPS) is 17.9. The molecule has 148 valence electrons. The molecule has 0 aromatic heterocycles. The van der Waals surface area contributed by atoms with Crippen molar-refractivity contribution in [1.29, 1.82) is 0 Å². The number of nitrogens with zero attached hydrogens (tertiary/aromatic N) is 1. The molecule has 1 saturated heterocycles. The Labute approximate surface area is 160 Å². The van der Waals surface area contributed by atoms with Gasteiger partial charge in [0, 0.05) is 18.8 Å². The first kappa shape index (κ1) is 20.7. The van der Waals surface area contributed by atoms with Gasteiger partial charge in [0.25, 0.3) is 0 Å². The number of hydrogen-bond acceptors (Lipinski definition) is 3. The largest absolute Gasteiger partial charge is 0.480 e. The number of aliphatic carboxylic acids is 1. The van der Waals surface area contributed by atoms with Crippen LogP contribution in [0.2, 0.25) is 0 Å². The molecule has 0 bridgehead atoms. The first-order valence-corrected chi connectivity index (χ1v) is 9.56. The number of likely N-dealkylation sites (tertiary alicyclic amines) is 1. The second kappa shape index (κ2) is 9.94. The predicted octanol–water partition coefficient (Wildman–Crippen LogP) is 3.00. The number of unbranched alkanes of at least 4 members (excludes halogenated alkanes) is 1. The quantitative estimate of drug-likeness (QED) is 0.682. The Kier molecular flexibility index (Phi) is 7.64. The van der Waals surface area contributed by atoms with Crippen LogP contribution in [0.3, 0.4) is 0 Å². The molecular weight excluding hydrogens is 346 g/mol. The van der Waals surface area contributed by atoms with Gasteiger partial charge in [-0.05, 0) is 43.9 Å². The summed E-state index contributed by atoms with van der Waals surface area (Å²) in [5, 5.41) is 14.8. The third kappa shape index (κ3) is 6.27. The first-order chi connectivity index (χ1) is 12.9. The van der Waals surface area contributed by atoms with Crippen molar-refractivity contribution in [2.24, 2.45) is 5.92 Å². The maximum atomic E-state index is 12.5. The Morgan fingerprint density at radius 3 is 2.78 bits per heavy atom. The summed E-state index contributed by atoms with van der Waals surface area (Å²) in [6, 6.07) is 6.43. The monoisotopic (exact) mass is 375 g/mol. The van der Waals surface area contributed by atoms with E-state index in [1.165, 1.54) is 0 Å².